The molecule has 0 atom stereocenters. The summed E-state index contributed by atoms with van der Waals surface area (Å²) in [7, 11) is 0. The van der Waals surface area contributed by atoms with Gasteiger partial charge in [-0.15, -0.1) is 0 Å². The minimum atomic E-state index is -0.0137. The van der Waals surface area contributed by atoms with Crippen LogP contribution in [0.3, 0.4) is 0 Å². The Balaban J connectivity index is 2.06. The molecule has 0 spiro atoms. The second kappa shape index (κ2) is 8.66. The molecule has 0 aliphatic carbocycles. The molecule has 1 rings (SSSR count). The molecule has 2 N–H and O–H groups in total. The Hall–Kier alpha value is -1.46. The number of hydrogen-bond donors (Lipinski definition) is 2. The van der Waals surface area contributed by atoms with E-state index in [-0.39, 0.29) is 12.5 Å². The lowest BCUT2D eigenvalue weighted by Crippen LogP contribution is -2.26. The number of carbonyl (C=O) groups excluding carboxylic acids is 1. The largest absolute Gasteiger partial charge is 0.394 e. The molecule has 1 aromatic heterocycles. The predicted octanol–water partition coefficient (Wildman–Crippen LogP) is 0.139. The molecule has 17 heavy (non-hydrogen) atoms. The average Bonchev–Trinajstić information content (AvgIpc) is 2.35. The molecule has 0 unspecified atom stereocenters. The first-order chi connectivity index (χ1) is 8.33. The highest BCUT2D eigenvalue weighted by atomic mass is 16.5. The number of aliphatic hydroxyl groups excluding tert-OH is 1. The highest BCUT2D eigenvalue weighted by Crippen LogP contribution is 1.96. The Morgan fingerprint density at radius 3 is 3.06 bits per heavy atom. The van der Waals surface area contributed by atoms with E-state index in [0.29, 0.717) is 26.2 Å². The molecular weight excluding hydrogens is 220 g/mol. The molecule has 0 aliphatic heterocycles. The van der Waals surface area contributed by atoms with E-state index in [4.69, 9.17) is 9.84 Å². The Labute approximate surface area is 101 Å². The lowest BCUT2D eigenvalue weighted by molar-refractivity contribution is -0.120. The molecule has 5 nitrogen and oxygen atoms in total. The summed E-state index contributed by atoms with van der Waals surface area (Å²) in [5, 5.41) is 11.3. The summed E-state index contributed by atoms with van der Waals surface area (Å²) in [5.41, 5.74) is 0.904. The molecule has 1 heterocycles. The van der Waals surface area contributed by atoms with E-state index in [1.807, 2.05) is 12.1 Å². The zero-order valence-corrected chi connectivity index (χ0v) is 9.76. The van der Waals surface area contributed by atoms with Crippen LogP contribution in [-0.2, 0) is 16.0 Å². The van der Waals surface area contributed by atoms with Gasteiger partial charge in [0.25, 0.3) is 0 Å². The zero-order chi connectivity index (χ0) is 12.3. The van der Waals surface area contributed by atoms with Crippen molar-refractivity contribution in [3.8, 4) is 0 Å². The fourth-order valence-electron chi connectivity index (χ4n) is 1.32. The third kappa shape index (κ3) is 6.65. The quantitative estimate of drug-likeness (QED) is 0.632. The Bertz CT molecular complexity index is 317. The molecule has 0 fully saturated rings. The van der Waals surface area contributed by atoms with Gasteiger partial charge in [0.2, 0.25) is 5.91 Å². The summed E-state index contributed by atoms with van der Waals surface area (Å²) in [6.07, 6.45) is 4.47. The topological polar surface area (TPSA) is 71.5 Å². The Morgan fingerprint density at radius 2 is 2.35 bits per heavy atom. The maximum Gasteiger partial charge on any atom is 0.224 e. The molecule has 0 saturated heterocycles. The van der Waals surface area contributed by atoms with Crippen LogP contribution in [-0.4, -0.2) is 42.4 Å². The smallest absolute Gasteiger partial charge is 0.224 e. The van der Waals surface area contributed by atoms with Crippen LogP contribution in [0.1, 0.15) is 12.0 Å². The summed E-state index contributed by atoms with van der Waals surface area (Å²) in [6.45, 7) is 1.52. The third-order valence-corrected chi connectivity index (χ3v) is 2.11. The standard InChI is InChI=1S/C12H18N2O3/c15-6-8-17-7-2-5-14-12(16)9-11-3-1-4-13-10-11/h1,3-4,10,15H,2,5-9H2,(H,14,16). The number of amides is 1. The number of nitrogens with zero attached hydrogens (tertiary/aromatic N) is 1. The van der Waals surface area contributed by atoms with Crippen molar-refractivity contribution in [3.05, 3.63) is 30.1 Å². The molecule has 0 aromatic carbocycles. The van der Waals surface area contributed by atoms with Crippen molar-refractivity contribution in [2.45, 2.75) is 12.8 Å². The summed E-state index contributed by atoms with van der Waals surface area (Å²) in [5.74, 6) is -0.0137. The van der Waals surface area contributed by atoms with Gasteiger partial charge in [-0.05, 0) is 18.1 Å². The van der Waals surface area contributed by atoms with E-state index >= 15 is 0 Å². The first kappa shape index (κ1) is 13.6. The highest BCUT2D eigenvalue weighted by molar-refractivity contribution is 5.78. The Kier molecular flexibility index (Phi) is 6.93. The van der Waals surface area contributed by atoms with Gasteiger partial charge < -0.3 is 15.2 Å². The highest BCUT2D eigenvalue weighted by Gasteiger charge is 2.01. The van der Waals surface area contributed by atoms with Crippen molar-refractivity contribution in [2.75, 3.05) is 26.4 Å². The van der Waals surface area contributed by atoms with Crippen molar-refractivity contribution in [1.82, 2.24) is 10.3 Å². The summed E-state index contributed by atoms with van der Waals surface area (Å²) in [4.78, 5) is 15.4. The predicted molar refractivity (Wildman–Crippen MR) is 63.5 cm³/mol. The lowest BCUT2D eigenvalue weighted by atomic mass is 10.2. The molecule has 0 aliphatic rings. The molecule has 94 valence electrons. The van der Waals surface area contributed by atoms with Crippen LogP contribution in [0.2, 0.25) is 0 Å². The molecule has 0 bridgehead atoms. The molecular formula is C12H18N2O3. The van der Waals surface area contributed by atoms with Gasteiger partial charge in [-0.1, -0.05) is 6.07 Å². The molecule has 0 radical (unpaired) electrons. The van der Waals surface area contributed by atoms with Crippen molar-refractivity contribution in [1.29, 1.82) is 0 Å². The summed E-state index contributed by atoms with van der Waals surface area (Å²) < 4.78 is 5.07. The van der Waals surface area contributed by atoms with Gasteiger partial charge in [0.15, 0.2) is 0 Å². The summed E-state index contributed by atoms with van der Waals surface area (Å²) >= 11 is 0. The first-order valence-corrected chi connectivity index (χ1v) is 5.67. The minimum absolute atomic E-state index is 0.0137. The van der Waals surface area contributed by atoms with Crippen LogP contribution >= 0.6 is 0 Å². The SMILES string of the molecule is O=C(Cc1cccnc1)NCCCOCCO. The van der Waals surface area contributed by atoms with Crippen LogP contribution in [0.15, 0.2) is 24.5 Å². The van der Waals surface area contributed by atoms with E-state index in [1.165, 1.54) is 0 Å². The number of aliphatic hydroxyl groups is 1. The van der Waals surface area contributed by atoms with E-state index < -0.39 is 0 Å². The number of pyridine rings is 1. The van der Waals surface area contributed by atoms with Crippen molar-refractivity contribution in [3.63, 3.8) is 0 Å². The summed E-state index contributed by atoms with van der Waals surface area (Å²) in [6, 6.07) is 3.68. The van der Waals surface area contributed by atoms with Gasteiger partial charge in [0.1, 0.15) is 0 Å². The van der Waals surface area contributed by atoms with Crippen molar-refractivity contribution < 1.29 is 14.6 Å². The average molecular weight is 238 g/mol. The van der Waals surface area contributed by atoms with Crippen LogP contribution in [0.5, 0.6) is 0 Å². The van der Waals surface area contributed by atoms with E-state index in [9.17, 15) is 4.79 Å². The number of nitrogens with one attached hydrogen (secondary N) is 1. The number of rotatable bonds is 8. The zero-order valence-electron chi connectivity index (χ0n) is 9.76. The monoisotopic (exact) mass is 238 g/mol. The molecule has 1 amide bonds. The van der Waals surface area contributed by atoms with Gasteiger partial charge in [0.05, 0.1) is 19.6 Å². The van der Waals surface area contributed by atoms with Crippen LogP contribution in [0.4, 0.5) is 0 Å². The fourth-order valence-corrected chi connectivity index (χ4v) is 1.32. The van der Waals surface area contributed by atoms with Gasteiger partial charge in [-0.2, -0.15) is 0 Å². The fraction of sp³-hybridized carbons (Fsp3) is 0.500. The number of carbonyl (C=O) groups is 1. The van der Waals surface area contributed by atoms with Crippen LogP contribution in [0.25, 0.3) is 0 Å². The second-order valence-electron chi connectivity index (χ2n) is 3.58. The van der Waals surface area contributed by atoms with Crippen LogP contribution < -0.4 is 5.32 Å². The molecule has 5 heteroatoms. The first-order valence-electron chi connectivity index (χ1n) is 5.67. The second-order valence-corrected chi connectivity index (χ2v) is 3.58. The number of aromatic nitrogens is 1. The molecule has 1 aromatic rings. The number of ether oxygens (including phenoxy) is 1. The number of hydrogen-bond acceptors (Lipinski definition) is 4. The minimum Gasteiger partial charge on any atom is -0.394 e. The normalized spacial score (nSPS) is 10.2. The molecule has 0 saturated carbocycles. The van der Waals surface area contributed by atoms with Gasteiger partial charge in [0, 0.05) is 25.5 Å². The van der Waals surface area contributed by atoms with E-state index in [0.717, 1.165) is 12.0 Å². The van der Waals surface area contributed by atoms with Crippen molar-refractivity contribution >= 4 is 5.91 Å². The van der Waals surface area contributed by atoms with E-state index in [1.54, 1.807) is 12.4 Å². The van der Waals surface area contributed by atoms with Crippen molar-refractivity contribution in [2.24, 2.45) is 0 Å². The van der Waals surface area contributed by atoms with Gasteiger partial charge in [-0.3, -0.25) is 9.78 Å². The third-order valence-electron chi connectivity index (χ3n) is 2.11. The van der Waals surface area contributed by atoms with E-state index in [2.05, 4.69) is 10.3 Å². The maximum absolute atomic E-state index is 11.5. The van der Waals surface area contributed by atoms with Gasteiger partial charge in [-0.25, -0.2) is 0 Å². The lowest BCUT2D eigenvalue weighted by Gasteiger charge is -2.05. The van der Waals surface area contributed by atoms with Gasteiger partial charge >= 0.3 is 0 Å². The van der Waals surface area contributed by atoms with Crippen LogP contribution in [0, 0.1) is 0 Å². The Morgan fingerprint density at radius 1 is 1.47 bits per heavy atom. The maximum atomic E-state index is 11.5.